The van der Waals surface area contributed by atoms with Crippen LogP contribution in [-0.2, 0) is 27.2 Å². The highest BCUT2D eigenvalue weighted by atomic mass is 16.5. The number of nitrogens with one attached hydrogen (secondary N) is 1. The van der Waals surface area contributed by atoms with Gasteiger partial charge >= 0.3 is 5.97 Å². The summed E-state index contributed by atoms with van der Waals surface area (Å²) >= 11 is 0. The molecule has 5 heteroatoms. The van der Waals surface area contributed by atoms with Crippen molar-refractivity contribution in [3.05, 3.63) is 34.9 Å². The van der Waals surface area contributed by atoms with Gasteiger partial charge in [0.15, 0.2) is 5.78 Å². The molecule has 1 aromatic carbocycles. The minimum Gasteiger partial charge on any atom is -0.469 e. The topological polar surface area (TPSA) is 72.5 Å². The zero-order valence-corrected chi connectivity index (χ0v) is 13.5. The fourth-order valence-electron chi connectivity index (χ4n) is 2.77. The first-order valence-corrected chi connectivity index (χ1v) is 8.08. The van der Waals surface area contributed by atoms with Crippen LogP contribution < -0.4 is 5.32 Å². The number of fused-ring (bicyclic) bond motifs is 1. The SMILES string of the molecule is COC(=O)CCNC(=O)CCC(=O)c1ccc2c(c1)CCCC2. The van der Waals surface area contributed by atoms with Crippen molar-refractivity contribution in [1.82, 2.24) is 5.32 Å². The van der Waals surface area contributed by atoms with E-state index in [0.29, 0.717) is 5.56 Å². The van der Waals surface area contributed by atoms with Crippen LogP contribution in [0.2, 0.25) is 0 Å². The maximum Gasteiger partial charge on any atom is 0.307 e. The number of amides is 1. The highest BCUT2D eigenvalue weighted by Crippen LogP contribution is 2.22. The van der Waals surface area contributed by atoms with Crippen molar-refractivity contribution in [2.75, 3.05) is 13.7 Å². The summed E-state index contributed by atoms with van der Waals surface area (Å²) < 4.78 is 4.49. The van der Waals surface area contributed by atoms with Crippen molar-refractivity contribution < 1.29 is 19.1 Å². The summed E-state index contributed by atoms with van der Waals surface area (Å²) in [6, 6.07) is 5.88. The lowest BCUT2D eigenvalue weighted by Gasteiger charge is -2.16. The summed E-state index contributed by atoms with van der Waals surface area (Å²) in [6.45, 7) is 0.235. The second-order valence-corrected chi connectivity index (χ2v) is 5.79. The molecule has 5 nitrogen and oxygen atoms in total. The van der Waals surface area contributed by atoms with Crippen molar-refractivity contribution in [1.29, 1.82) is 0 Å². The molecule has 0 unspecified atom stereocenters. The molecule has 0 spiro atoms. The highest BCUT2D eigenvalue weighted by molar-refractivity contribution is 5.98. The Balaban J connectivity index is 1.78. The zero-order valence-electron chi connectivity index (χ0n) is 13.5. The van der Waals surface area contributed by atoms with Gasteiger partial charge < -0.3 is 10.1 Å². The number of ketones is 1. The molecule has 0 atom stereocenters. The molecule has 124 valence electrons. The van der Waals surface area contributed by atoms with E-state index in [0.717, 1.165) is 12.8 Å². The van der Waals surface area contributed by atoms with Gasteiger partial charge in [0.2, 0.25) is 5.91 Å². The first kappa shape index (κ1) is 17.2. The standard InChI is InChI=1S/C18H23NO4/c1-23-18(22)10-11-19-17(21)9-8-16(20)15-7-6-13-4-2-3-5-14(13)12-15/h6-7,12H,2-5,8-11H2,1H3,(H,19,21). The molecule has 0 fully saturated rings. The van der Waals surface area contributed by atoms with E-state index in [1.807, 2.05) is 18.2 Å². The van der Waals surface area contributed by atoms with Gasteiger partial charge in [-0.1, -0.05) is 12.1 Å². The van der Waals surface area contributed by atoms with Crippen LogP contribution in [0.3, 0.4) is 0 Å². The second-order valence-electron chi connectivity index (χ2n) is 5.79. The third-order valence-electron chi connectivity index (χ3n) is 4.13. The lowest BCUT2D eigenvalue weighted by atomic mass is 9.89. The molecule has 0 heterocycles. The van der Waals surface area contributed by atoms with Gasteiger partial charge in [0.05, 0.1) is 13.5 Å². The number of carbonyl (C=O) groups excluding carboxylic acids is 3. The molecule has 0 radical (unpaired) electrons. The average Bonchev–Trinajstić information content (AvgIpc) is 2.59. The van der Waals surface area contributed by atoms with Crippen LogP contribution in [0.5, 0.6) is 0 Å². The minimum atomic E-state index is -0.365. The number of esters is 1. The van der Waals surface area contributed by atoms with Crippen molar-refractivity contribution in [2.45, 2.75) is 44.9 Å². The van der Waals surface area contributed by atoms with E-state index in [4.69, 9.17) is 0 Å². The molecule has 0 aromatic heterocycles. The predicted molar refractivity (Wildman–Crippen MR) is 86.3 cm³/mol. The number of hydrogen-bond donors (Lipinski definition) is 1. The number of benzene rings is 1. The maximum absolute atomic E-state index is 12.2. The quantitative estimate of drug-likeness (QED) is 0.618. The zero-order chi connectivity index (χ0) is 16.7. The number of rotatable bonds is 7. The Hall–Kier alpha value is -2.17. The van der Waals surface area contributed by atoms with E-state index >= 15 is 0 Å². The minimum absolute atomic E-state index is 0.0125. The Morgan fingerprint density at radius 2 is 1.78 bits per heavy atom. The summed E-state index contributed by atoms with van der Waals surface area (Å²) in [6.07, 6.45) is 4.97. The van der Waals surface area contributed by atoms with Gasteiger partial charge in [-0.25, -0.2) is 0 Å². The smallest absolute Gasteiger partial charge is 0.307 e. The molecule has 1 aliphatic carbocycles. The maximum atomic E-state index is 12.2. The molecule has 0 aliphatic heterocycles. The molecule has 1 aliphatic rings. The fourth-order valence-corrected chi connectivity index (χ4v) is 2.77. The van der Waals surface area contributed by atoms with Crippen molar-refractivity contribution >= 4 is 17.7 Å². The first-order chi connectivity index (χ1) is 11.1. The lowest BCUT2D eigenvalue weighted by molar-refractivity contribution is -0.140. The molecule has 2 rings (SSSR count). The van der Waals surface area contributed by atoms with Gasteiger partial charge in [-0.05, 0) is 42.9 Å². The Morgan fingerprint density at radius 1 is 1.04 bits per heavy atom. The van der Waals surface area contributed by atoms with Gasteiger partial charge in [0.1, 0.15) is 0 Å². The van der Waals surface area contributed by atoms with E-state index < -0.39 is 0 Å². The lowest BCUT2D eigenvalue weighted by Crippen LogP contribution is -2.26. The third kappa shape index (κ3) is 5.20. The van der Waals surface area contributed by atoms with Crippen LogP contribution in [0, 0.1) is 0 Å². The second kappa shape index (κ2) is 8.46. The van der Waals surface area contributed by atoms with Crippen LogP contribution in [0.1, 0.15) is 53.6 Å². The van der Waals surface area contributed by atoms with E-state index in [9.17, 15) is 14.4 Å². The summed E-state index contributed by atoms with van der Waals surface area (Å²) in [5.74, 6) is -0.600. The summed E-state index contributed by atoms with van der Waals surface area (Å²) in [5.41, 5.74) is 3.30. The Morgan fingerprint density at radius 3 is 2.52 bits per heavy atom. The summed E-state index contributed by atoms with van der Waals surface area (Å²) in [4.78, 5) is 34.8. The molecule has 1 N–H and O–H groups in total. The van der Waals surface area contributed by atoms with E-state index in [1.165, 1.54) is 31.1 Å². The van der Waals surface area contributed by atoms with E-state index in [1.54, 1.807) is 0 Å². The molecule has 0 saturated heterocycles. The average molecular weight is 317 g/mol. The first-order valence-electron chi connectivity index (χ1n) is 8.08. The number of Topliss-reactive ketones (excluding diaryl/α,β-unsaturated/α-hetero) is 1. The fraction of sp³-hybridized carbons (Fsp3) is 0.500. The van der Waals surface area contributed by atoms with Crippen LogP contribution in [0.25, 0.3) is 0 Å². The Labute approximate surface area is 136 Å². The third-order valence-corrected chi connectivity index (χ3v) is 4.13. The normalized spacial score (nSPS) is 13.1. The molecule has 0 bridgehead atoms. The van der Waals surface area contributed by atoms with Crippen molar-refractivity contribution in [2.24, 2.45) is 0 Å². The number of hydrogen-bond acceptors (Lipinski definition) is 4. The van der Waals surface area contributed by atoms with Crippen molar-refractivity contribution in [3.8, 4) is 0 Å². The molecular weight excluding hydrogens is 294 g/mol. The predicted octanol–water partition coefficient (Wildman–Crippen LogP) is 2.21. The van der Waals surface area contributed by atoms with Gasteiger partial charge in [0, 0.05) is 24.9 Å². The molecule has 1 amide bonds. The summed E-state index contributed by atoms with van der Waals surface area (Å²) in [7, 11) is 1.31. The van der Waals surface area contributed by atoms with Crippen molar-refractivity contribution in [3.63, 3.8) is 0 Å². The number of aryl methyl sites for hydroxylation is 2. The van der Waals surface area contributed by atoms with Crippen LogP contribution in [0.4, 0.5) is 0 Å². The number of methoxy groups -OCH3 is 1. The van der Waals surface area contributed by atoms with Gasteiger partial charge in [-0.2, -0.15) is 0 Å². The Kier molecular flexibility index (Phi) is 6.32. The molecule has 23 heavy (non-hydrogen) atoms. The van der Waals surface area contributed by atoms with Gasteiger partial charge in [-0.15, -0.1) is 0 Å². The molecular formula is C18H23NO4. The molecule has 0 saturated carbocycles. The molecule has 1 aromatic rings. The van der Waals surface area contributed by atoms with Gasteiger partial charge in [-0.3, -0.25) is 14.4 Å². The van der Waals surface area contributed by atoms with E-state index in [2.05, 4.69) is 10.1 Å². The highest BCUT2D eigenvalue weighted by Gasteiger charge is 2.14. The van der Waals surface area contributed by atoms with Crippen LogP contribution >= 0.6 is 0 Å². The number of carbonyl (C=O) groups is 3. The summed E-state index contributed by atoms with van der Waals surface area (Å²) in [5, 5.41) is 2.61. The van der Waals surface area contributed by atoms with Crippen LogP contribution in [0.15, 0.2) is 18.2 Å². The largest absolute Gasteiger partial charge is 0.469 e. The van der Waals surface area contributed by atoms with Crippen LogP contribution in [-0.4, -0.2) is 31.3 Å². The number of ether oxygens (including phenoxy) is 1. The van der Waals surface area contributed by atoms with E-state index in [-0.39, 0.29) is 43.5 Å². The monoisotopic (exact) mass is 317 g/mol. The van der Waals surface area contributed by atoms with Gasteiger partial charge in [0.25, 0.3) is 0 Å². The Bertz CT molecular complexity index is 595.